The Kier molecular flexibility index (Phi) is 6.77. The number of carbonyl (C=O) groups excluding carboxylic acids is 1. The first-order chi connectivity index (χ1) is 13.8. The third-order valence-electron chi connectivity index (χ3n) is 5.31. The van der Waals surface area contributed by atoms with Crippen LogP contribution in [0, 0.1) is 0 Å². The molecule has 1 amide bonds. The highest BCUT2D eigenvalue weighted by Gasteiger charge is 2.30. The van der Waals surface area contributed by atoms with Gasteiger partial charge in [0.05, 0.1) is 23.7 Å². The van der Waals surface area contributed by atoms with E-state index in [2.05, 4.69) is 19.2 Å². The van der Waals surface area contributed by atoms with Gasteiger partial charge in [-0.05, 0) is 42.7 Å². The summed E-state index contributed by atoms with van der Waals surface area (Å²) in [6.07, 6.45) is 1.60. The first kappa shape index (κ1) is 21.5. The Balaban J connectivity index is 1.53. The highest BCUT2D eigenvalue weighted by molar-refractivity contribution is 7.89. The Morgan fingerprint density at radius 3 is 2.28 bits per heavy atom. The molecule has 29 heavy (non-hydrogen) atoms. The molecule has 1 N–H and O–H groups in total. The number of hydrogen-bond acceptors (Lipinski definition) is 5. The van der Waals surface area contributed by atoms with Crippen molar-refractivity contribution < 1.29 is 17.6 Å². The molecule has 1 atom stereocenters. The van der Waals surface area contributed by atoms with Gasteiger partial charge in [-0.2, -0.15) is 4.31 Å². The van der Waals surface area contributed by atoms with Gasteiger partial charge in [-0.3, -0.25) is 10.1 Å². The molecule has 0 saturated carbocycles. The van der Waals surface area contributed by atoms with Gasteiger partial charge in [0.2, 0.25) is 15.9 Å². The summed E-state index contributed by atoms with van der Waals surface area (Å²) >= 11 is 0. The Hall–Kier alpha value is -2.16. The minimum absolute atomic E-state index is 0.0401. The second-order valence-corrected chi connectivity index (χ2v) is 9.56. The van der Waals surface area contributed by atoms with Crippen LogP contribution in [0.25, 0.3) is 0 Å². The molecule has 1 fully saturated rings. The number of hydrogen-bond donors (Lipinski definition) is 1. The van der Waals surface area contributed by atoms with Crippen molar-refractivity contribution in [3.63, 3.8) is 0 Å². The molecule has 0 bridgehead atoms. The van der Waals surface area contributed by atoms with Gasteiger partial charge in [0.15, 0.2) is 0 Å². The molecule has 1 aromatic heterocycles. The van der Waals surface area contributed by atoms with Gasteiger partial charge in [-0.1, -0.05) is 26.0 Å². The van der Waals surface area contributed by atoms with E-state index >= 15 is 0 Å². The molecule has 1 aliphatic rings. The van der Waals surface area contributed by atoms with Gasteiger partial charge in [-0.15, -0.1) is 0 Å². The van der Waals surface area contributed by atoms with Crippen molar-refractivity contribution in [3.05, 3.63) is 54.0 Å². The van der Waals surface area contributed by atoms with Gasteiger partial charge < -0.3 is 9.32 Å². The first-order valence-corrected chi connectivity index (χ1v) is 11.4. The van der Waals surface area contributed by atoms with Crippen LogP contribution >= 0.6 is 0 Å². The topological polar surface area (TPSA) is 82.9 Å². The van der Waals surface area contributed by atoms with E-state index in [9.17, 15) is 13.2 Å². The van der Waals surface area contributed by atoms with E-state index in [1.165, 1.54) is 4.31 Å². The molecule has 0 unspecified atom stereocenters. The number of amides is 1. The maximum atomic E-state index is 12.9. The van der Waals surface area contributed by atoms with Crippen LogP contribution in [0.3, 0.4) is 0 Å². The van der Waals surface area contributed by atoms with Crippen LogP contribution in [0.1, 0.15) is 44.1 Å². The van der Waals surface area contributed by atoms with E-state index in [0.717, 1.165) is 11.3 Å². The first-order valence-electron chi connectivity index (χ1n) is 9.93. The fraction of sp³-hybridized carbons (Fsp3) is 0.476. The lowest BCUT2D eigenvalue weighted by Crippen LogP contribution is -2.52. The summed E-state index contributed by atoms with van der Waals surface area (Å²) in [5.41, 5.74) is 1.11. The molecule has 0 aliphatic carbocycles. The minimum atomic E-state index is -3.54. The Morgan fingerprint density at radius 2 is 1.72 bits per heavy atom. The van der Waals surface area contributed by atoms with Crippen molar-refractivity contribution in [2.45, 2.75) is 37.6 Å². The SMILES string of the molecule is CC(C)c1ccc(S(=O)(=O)N2CCN(C(=O)CN[C@@H](C)c3ccco3)CC2)cc1. The van der Waals surface area contributed by atoms with Gasteiger partial charge >= 0.3 is 0 Å². The van der Waals surface area contributed by atoms with Gasteiger partial charge in [0.1, 0.15) is 5.76 Å². The quantitative estimate of drug-likeness (QED) is 0.746. The molecular formula is C21H29N3O4S. The molecule has 1 saturated heterocycles. The van der Waals surface area contributed by atoms with E-state index in [4.69, 9.17) is 4.42 Å². The average Bonchev–Trinajstić information content (AvgIpc) is 3.27. The summed E-state index contributed by atoms with van der Waals surface area (Å²) in [5.74, 6) is 1.09. The van der Waals surface area contributed by atoms with Gasteiger partial charge in [0.25, 0.3) is 0 Å². The number of sulfonamides is 1. The summed E-state index contributed by atoms with van der Waals surface area (Å²) in [6.45, 7) is 7.64. The molecular weight excluding hydrogens is 390 g/mol. The van der Waals surface area contributed by atoms with Gasteiger partial charge in [0, 0.05) is 26.2 Å². The third kappa shape index (κ3) is 5.07. The largest absolute Gasteiger partial charge is 0.468 e. The molecule has 1 aliphatic heterocycles. The van der Waals surface area contributed by atoms with E-state index < -0.39 is 10.0 Å². The Morgan fingerprint density at radius 1 is 1.07 bits per heavy atom. The normalized spacial score (nSPS) is 16.9. The molecule has 8 heteroatoms. The van der Waals surface area contributed by atoms with Gasteiger partial charge in [-0.25, -0.2) is 8.42 Å². The van der Waals surface area contributed by atoms with Crippen molar-refractivity contribution in [2.24, 2.45) is 0 Å². The third-order valence-corrected chi connectivity index (χ3v) is 7.22. The average molecular weight is 420 g/mol. The maximum absolute atomic E-state index is 12.9. The molecule has 0 radical (unpaired) electrons. The maximum Gasteiger partial charge on any atom is 0.243 e. The monoisotopic (exact) mass is 419 g/mol. The van der Waals surface area contributed by atoms with Crippen molar-refractivity contribution >= 4 is 15.9 Å². The zero-order valence-electron chi connectivity index (χ0n) is 17.2. The number of benzene rings is 1. The zero-order valence-corrected chi connectivity index (χ0v) is 18.0. The Bertz CT molecular complexity index is 900. The van der Waals surface area contributed by atoms with Crippen LogP contribution in [-0.4, -0.2) is 56.3 Å². The second-order valence-electron chi connectivity index (χ2n) is 7.63. The van der Waals surface area contributed by atoms with Crippen molar-refractivity contribution in [1.82, 2.24) is 14.5 Å². The Labute approximate surface area is 172 Å². The van der Waals surface area contributed by atoms with Crippen LogP contribution in [0.4, 0.5) is 0 Å². The number of carbonyl (C=O) groups is 1. The van der Waals surface area contributed by atoms with Crippen molar-refractivity contribution in [3.8, 4) is 0 Å². The smallest absolute Gasteiger partial charge is 0.243 e. The van der Waals surface area contributed by atoms with Crippen molar-refractivity contribution in [2.75, 3.05) is 32.7 Å². The standard InChI is InChI=1S/C21H29N3O4S/c1-16(2)18-6-8-19(9-7-18)29(26,27)24-12-10-23(11-13-24)21(25)15-22-17(3)20-5-4-14-28-20/h4-9,14,16-17,22H,10-13,15H2,1-3H3/t17-/m0/s1. The minimum Gasteiger partial charge on any atom is -0.468 e. The lowest BCUT2D eigenvalue weighted by molar-refractivity contribution is -0.131. The summed E-state index contributed by atoms with van der Waals surface area (Å²) in [6, 6.07) is 10.7. The molecule has 3 rings (SSSR count). The highest BCUT2D eigenvalue weighted by atomic mass is 32.2. The van der Waals surface area contributed by atoms with Crippen LogP contribution in [0.15, 0.2) is 52.0 Å². The van der Waals surface area contributed by atoms with E-state index in [-0.39, 0.29) is 18.5 Å². The van der Waals surface area contributed by atoms with Crippen LogP contribution in [-0.2, 0) is 14.8 Å². The van der Waals surface area contributed by atoms with Crippen molar-refractivity contribution in [1.29, 1.82) is 0 Å². The number of nitrogens with zero attached hydrogens (tertiary/aromatic N) is 2. The predicted molar refractivity (Wildman–Crippen MR) is 111 cm³/mol. The molecule has 1 aromatic carbocycles. The zero-order chi connectivity index (χ0) is 21.0. The fourth-order valence-corrected chi connectivity index (χ4v) is 4.76. The number of rotatable bonds is 7. The number of nitrogens with one attached hydrogen (secondary N) is 1. The summed E-state index contributed by atoms with van der Waals surface area (Å²) in [5, 5.41) is 3.15. The van der Waals surface area contributed by atoms with E-state index in [0.29, 0.717) is 37.0 Å². The molecule has 7 nitrogen and oxygen atoms in total. The predicted octanol–water partition coefficient (Wildman–Crippen LogP) is 2.59. The van der Waals surface area contributed by atoms with Crippen LogP contribution < -0.4 is 5.32 Å². The van der Waals surface area contributed by atoms with E-state index in [1.807, 2.05) is 31.2 Å². The number of furan rings is 1. The summed E-state index contributed by atoms with van der Waals surface area (Å²) in [4.78, 5) is 14.5. The molecule has 0 spiro atoms. The second kappa shape index (κ2) is 9.11. The number of piperazine rings is 1. The fourth-order valence-electron chi connectivity index (χ4n) is 3.34. The van der Waals surface area contributed by atoms with Crippen LogP contribution in [0.5, 0.6) is 0 Å². The summed E-state index contributed by atoms with van der Waals surface area (Å²) < 4.78 is 32.6. The molecule has 158 valence electrons. The lowest BCUT2D eigenvalue weighted by atomic mass is 10.0. The molecule has 2 heterocycles. The summed E-state index contributed by atoms with van der Waals surface area (Å²) in [7, 11) is -3.54. The molecule has 2 aromatic rings. The van der Waals surface area contributed by atoms with E-state index in [1.54, 1.807) is 23.3 Å². The highest BCUT2D eigenvalue weighted by Crippen LogP contribution is 2.21. The van der Waals surface area contributed by atoms with Crippen LogP contribution in [0.2, 0.25) is 0 Å². The lowest BCUT2D eigenvalue weighted by Gasteiger charge is -2.34.